The molecule has 1 aliphatic heterocycles. The van der Waals surface area contributed by atoms with Crippen molar-refractivity contribution in [1.82, 2.24) is 10.2 Å². The Bertz CT molecular complexity index is 677. The second-order valence-corrected chi connectivity index (χ2v) is 6.04. The van der Waals surface area contributed by atoms with Gasteiger partial charge < -0.3 is 15.0 Å². The summed E-state index contributed by atoms with van der Waals surface area (Å²) in [6.45, 7) is 5.54. The van der Waals surface area contributed by atoms with Crippen molar-refractivity contribution >= 4 is 5.96 Å². The molecule has 26 heavy (non-hydrogen) atoms. The average Bonchev–Trinajstić information content (AvgIpc) is 3.08. The van der Waals surface area contributed by atoms with Crippen molar-refractivity contribution in [3.8, 4) is 11.8 Å². The van der Waals surface area contributed by atoms with Crippen LogP contribution in [-0.4, -0.2) is 50.8 Å². The zero-order valence-corrected chi connectivity index (χ0v) is 15.1. The molecule has 1 aliphatic rings. The summed E-state index contributed by atoms with van der Waals surface area (Å²) < 4.78 is 43.6. The lowest BCUT2D eigenvalue weighted by atomic mass is 10.1. The molecule has 4 nitrogen and oxygen atoms in total. The number of benzene rings is 1. The summed E-state index contributed by atoms with van der Waals surface area (Å²) in [4.78, 5) is 6.40. The highest BCUT2D eigenvalue weighted by atomic mass is 19.4. The van der Waals surface area contributed by atoms with E-state index in [4.69, 9.17) is 4.74 Å². The second-order valence-electron chi connectivity index (χ2n) is 6.04. The molecule has 1 atom stereocenters. The normalized spacial score (nSPS) is 17.8. The van der Waals surface area contributed by atoms with Gasteiger partial charge in [-0.05, 0) is 31.5 Å². The number of nitrogens with one attached hydrogen (secondary N) is 1. The first-order valence-corrected chi connectivity index (χ1v) is 8.63. The van der Waals surface area contributed by atoms with Gasteiger partial charge in [-0.3, -0.25) is 4.99 Å². The first-order valence-electron chi connectivity index (χ1n) is 8.63. The molecule has 0 aromatic heterocycles. The molecule has 1 saturated heterocycles. The van der Waals surface area contributed by atoms with E-state index in [1.165, 1.54) is 6.07 Å². The van der Waals surface area contributed by atoms with E-state index in [1.54, 1.807) is 13.1 Å². The Morgan fingerprint density at radius 3 is 2.92 bits per heavy atom. The minimum Gasteiger partial charge on any atom is -0.381 e. The highest BCUT2D eigenvalue weighted by Crippen LogP contribution is 2.29. The number of hydrogen-bond donors (Lipinski definition) is 1. The number of likely N-dealkylation sites (tertiary alicyclic amines) is 1. The molecule has 0 spiro atoms. The average molecular weight is 367 g/mol. The van der Waals surface area contributed by atoms with Crippen molar-refractivity contribution < 1.29 is 17.9 Å². The molecule has 0 bridgehead atoms. The first kappa shape index (κ1) is 20.1. The third kappa shape index (κ3) is 5.95. The van der Waals surface area contributed by atoms with Crippen molar-refractivity contribution in [3.63, 3.8) is 0 Å². The van der Waals surface area contributed by atoms with Crippen LogP contribution in [0.5, 0.6) is 0 Å². The number of aliphatic imine (C=N–C) groups is 1. The Balaban J connectivity index is 1.86. The lowest BCUT2D eigenvalue weighted by Gasteiger charge is -2.20. The Morgan fingerprint density at radius 2 is 2.23 bits per heavy atom. The molecule has 0 amide bonds. The number of rotatable bonds is 4. The van der Waals surface area contributed by atoms with Gasteiger partial charge in [-0.15, -0.1) is 0 Å². The maximum atomic E-state index is 12.7. The second kappa shape index (κ2) is 9.48. The van der Waals surface area contributed by atoms with Gasteiger partial charge >= 0.3 is 6.18 Å². The van der Waals surface area contributed by atoms with Gasteiger partial charge in [0.1, 0.15) is 0 Å². The van der Waals surface area contributed by atoms with E-state index >= 15 is 0 Å². The van der Waals surface area contributed by atoms with E-state index < -0.39 is 11.7 Å². The van der Waals surface area contributed by atoms with Crippen LogP contribution >= 0.6 is 0 Å². The van der Waals surface area contributed by atoms with E-state index in [0.717, 1.165) is 44.2 Å². The van der Waals surface area contributed by atoms with Crippen LogP contribution in [0.1, 0.15) is 24.5 Å². The third-order valence-electron chi connectivity index (χ3n) is 4.11. The predicted molar refractivity (Wildman–Crippen MR) is 95.9 cm³/mol. The smallest absolute Gasteiger partial charge is 0.381 e. The topological polar surface area (TPSA) is 36.9 Å². The molecular formula is C19H24F3N3O. The fourth-order valence-electron chi connectivity index (χ4n) is 2.82. The van der Waals surface area contributed by atoms with Crippen LogP contribution in [0.2, 0.25) is 0 Å². The number of nitrogens with zero attached hydrogens (tertiary/aromatic N) is 2. The lowest BCUT2D eigenvalue weighted by Crippen LogP contribution is -2.40. The van der Waals surface area contributed by atoms with Crippen LogP contribution in [-0.2, 0) is 10.9 Å². The molecule has 1 fully saturated rings. The molecule has 0 saturated carbocycles. The third-order valence-corrected chi connectivity index (χ3v) is 4.11. The molecular weight excluding hydrogens is 343 g/mol. The maximum absolute atomic E-state index is 12.7. The zero-order valence-electron chi connectivity index (χ0n) is 15.1. The molecule has 1 unspecified atom stereocenters. The van der Waals surface area contributed by atoms with Crippen molar-refractivity contribution in [1.29, 1.82) is 0 Å². The van der Waals surface area contributed by atoms with Crippen LogP contribution in [0.25, 0.3) is 0 Å². The fourth-order valence-corrected chi connectivity index (χ4v) is 2.82. The number of halogens is 3. The monoisotopic (exact) mass is 367 g/mol. The van der Waals surface area contributed by atoms with Crippen molar-refractivity contribution in [2.45, 2.75) is 19.5 Å². The molecule has 0 radical (unpaired) electrons. The highest BCUT2D eigenvalue weighted by Gasteiger charge is 2.30. The van der Waals surface area contributed by atoms with Gasteiger partial charge in [0, 0.05) is 38.2 Å². The van der Waals surface area contributed by atoms with Crippen LogP contribution < -0.4 is 5.32 Å². The maximum Gasteiger partial charge on any atom is 0.416 e. The Kier molecular flexibility index (Phi) is 7.34. The predicted octanol–water partition coefficient (Wildman–Crippen LogP) is 2.99. The summed E-state index contributed by atoms with van der Waals surface area (Å²) in [6, 6.07) is 5.02. The minimum absolute atomic E-state index is 0.315. The molecule has 7 heteroatoms. The minimum atomic E-state index is -4.36. The molecule has 1 aromatic carbocycles. The van der Waals surface area contributed by atoms with Crippen LogP contribution in [0.3, 0.4) is 0 Å². The summed E-state index contributed by atoms with van der Waals surface area (Å²) in [6.07, 6.45) is -3.30. The highest BCUT2D eigenvalue weighted by molar-refractivity contribution is 5.80. The number of alkyl halides is 3. The van der Waals surface area contributed by atoms with Crippen molar-refractivity contribution in [3.05, 3.63) is 35.4 Å². The van der Waals surface area contributed by atoms with Gasteiger partial charge in [0.2, 0.25) is 0 Å². The van der Waals surface area contributed by atoms with Gasteiger partial charge in [0.25, 0.3) is 0 Å². The number of guanidine groups is 1. The SMILES string of the molecule is CCOCC1CCN(C(=NC)NCC#Cc2cccc(C(F)(F)F)c2)C1. The first-order chi connectivity index (χ1) is 12.4. The Morgan fingerprint density at radius 1 is 1.42 bits per heavy atom. The molecule has 1 heterocycles. The zero-order chi connectivity index (χ0) is 19.0. The fraction of sp³-hybridized carbons (Fsp3) is 0.526. The van der Waals surface area contributed by atoms with Crippen LogP contribution in [0, 0.1) is 17.8 Å². The van der Waals surface area contributed by atoms with Crippen molar-refractivity contribution in [2.75, 3.05) is 39.9 Å². The molecule has 1 aromatic rings. The molecule has 142 valence electrons. The van der Waals surface area contributed by atoms with Gasteiger partial charge in [-0.1, -0.05) is 17.9 Å². The molecule has 1 N–H and O–H groups in total. The summed E-state index contributed by atoms with van der Waals surface area (Å²) >= 11 is 0. The largest absolute Gasteiger partial charge is 0.416 e. The van der Waals surface area contributed by atoms with E-state index in [0.29, 0.717) is 24.6 Å². The van der Waals surface area contributed by atoms with Crippen LogP contribution in [0.4, 0.5) is 13.2 Å². The lowest BCUT2D eigenvalue weighted by molar-refractivity contribution is -0.137. The summed E-state index contributed by atoms with van der Waals surface area (Å²) in [7, 11) is 1.71. The van der Waals surface area contributed by atoms with E-state index in [9.17, 15) is 13.2 Å². The standard InChI is InChI=1S/C19H24F3N3O/c1-3-26-14-16-9-11-25(13-16)18(23-2)24-10-5-7-15-6-4-8-17(12-15)19(20,21)22/h4,6,8,12,16H,3,9-11,13-14H2,1-2H3,(H,23,24). The van der Waals surface area contributed by atoms with Crippen LogP contribution in [0.15, 0.2) is 29.3 Å². The quantitative estimate of drug-likeness (QED) is 0.505. The van der Waals surface area contributed by atoms with Crippen molar-refractivity contribution in [2.24, 2.45) is 10.9 Å². The van der Waals surface area contributed by atoms with Gasteiger partial charge in [0.15, 0.2) is 5.96 Å². The number of hydrogen-bond acceptors (Lipinski definition) is 2. The van der Waals surface area contributed by atoms with E-state index in [2.05, 4.69) is 27.0 Å². The van der Waals surface area contributed by atoms with E-state index in [1.807, 2.05) is 6.92 Å². The summed E-state index contributed by atoms with van der Waals surface area (Å²) in [5.74, 6) is 6.85. The van der Waals surface area contributed by atoms with E-state index in [-0.39, 0.29) is 0 Å². The molecule has 2 rings (SSSR count). The Labute approximate surface area is 152 Å². The number of ether oxygens (including phenoxy) is 1. The molecule has 0 aliphatic carbocycles. The van der Waals surface area contributed by atoms with Gasteiger partial charge in [-0.25, -0.2) is 0 Å². The summed E-state index contributed by atoms with van der Waals surface area (Å²) in [5, 5.41) is 3.14. The summed E-state index contributed by atoms with van der Waals surface area (Å²) in [5.41, 5.74) is -0.347. The van der Waals surface area contributed by atoms with Gasteiger partial charge in [-0.2, -0.15) is 13.2 Å². The van der Waals surface area contributed by atoms with Gasteiger partial charge in [0.05, 0.1) is 18.7 Å². The Hall–Kier alpha value is -2.20.